The Morgan fingerprint density at radius 2 is 1.92 bits per heavy atom. The number of benzene rings is 2. The number of nitrogens with zero attached hydrogens (tertiary/aromatic N) is 5. The summed E-state index contributed by atoms with van der Waals surface area (Å²) < 4.78 is 7.20. The third-order valence-corrected chi connectivity index (χ3v) is 4.87. The van der Waals surface area contributed by atoms with Gasteiger partial charge in [-0.2, -0.15) is 9.78 Å². The molecule has 0 saturated heterocycles. The fraction of sp³-hybridized carbons (Fsp3) is 0.158. The van der Waals surface area contributed by atoms with E-state index in [2.05, 4.69) is 11.2 Å². The van der Waals surface area contributed by atoms with Crippen molar-refractivity contribution >= 4 is 28.3 Å². The van der Waals surface area contributed by atoms with Crippen molar-refractivity contribution in [3.63, 3.8) is 0 Å². The lowest BCUT2D eigenvalue weighted by Gasteiger charge is -2.05. The summed E-state index contributed by atoms with van der Waals surface area (Å²) in [7, 11) is 1.63. The van der Waals surface area contributed by atoms with Crippen molar-refractivity contribution in [3.05, 3.63) is 48.5 Å². The lowest BCUT2D eigenvalue weighted by Crippen LogP contribution is -1.98. The Morgan fingerprint density at radius 3 is 2.77 bits per heavy atom. The van der Waals surface area contributed by atoms with Crippen LogP contribution in [-0.2, 0) is 0 Å². The molecule has 2 aromatic carbocycles. The Morgan fingerprint density at radius 1 is 1.12 bits per heavy atom. The minimum absolute atomic E-state index is 0.453. The summed E-state index contributed by atoms with van der Waals surface area (Å²) in [6, 6.07) is 17.7. The van der Waals surface area contributed by atoms with Crippen LogP contribution in [0.2, 0.25) is 0 Å². The van der Waals surface area contributed by atoms with Crippen molar-refractivity contribution in [2.24, 2.45) is 0 Å². The Bertz CT molecular complexity index is 1130. The molecule has 0 fully saturated rings. The van der Waals surface area contributed by atoms with Gasteiger partial charge < -0.3 is 4.74 Å². The summed E-state index contributed by atoms with van der Waals surface area (Å²) in [5, 5.41) is 15.1. The maximum atomic E-state index is 8.81. The number of para-hydroxylation sites is 2. The molecule has 7 heteroatoms. The predicted octanol–water partition coefficient (Wildman–Crippen LogP) is 3.96. The highest BCUT2D eigenvalue weighted by Gasteiger charge is 2.16. The average Bonchev–Trinajstić information content (AvgIpc) is 3.14. The second kappa shape index (κ2) is 7.02. The minimum atomic E-state index is 0.453. The number of thioether (sulfide) groups is 1. The van der Waals surface area contributed by atoms with Crippen LogP contribution in [0.4, 0.5) is 0 Å². The van der Waals surface area contributed by atoms with Crippen LogP contribution in [0.1, 0.15) is 6.42 Å². The van der Waals surface area contributed by atoms with E-state index in [-0.39, 0.29) is 0 Å². The van der Waals surface area contributed by atoms with Gasteiger partial charge in [0.05, 0.1) is 24.3 Å². The van der Waals surface area contributed by atoms with Crippen LogP contribution in [-0.4, -0.2) is 32.4 Å². The van der Waals surface area contributed by atoms with Crippen LogP contribution >= 0.6 is 11.8 Å². The van der Waals surface area contributed by atoms with E-state index in [0.717, 1.165) is 33.0 Å². The summed E-state index contributed by atoms with van der Waals surface area (Å²) in [6.07, 6.45) is 0.453. The Hall–Kier alpha value is -3.11. The van der Waals surface area contributed by atoms with E-state index in [1.54, 1.807) is 11.6 Å². The van der Waals surface area contributed by atoms with Crippen LogP contribution in [0.15, 0.2) is 53.7 Å². The number of methoxy groups -OCH3 is 1. The second-order valence-electron chi connectivity index (χ2n) is 5.54. The van der Waals surface area contributed by atoms with Crippen LogP contribution < -0.4 is 4.74 Å². The molecule has 0 aliphatic heterocycles. The maximum Gasteiger partial charge on any atom is 0.191 e. The van der Waals surface area contributed by atoms with Crippen LogP contribution in [0.3, 0.4) is 0 Å². The number of rotatable bonds is 5. The molecule has 0 bridgehead atoms. The van der Waals surface area contributed by atoms with E-state index >= 15 is 0 Å². The third kappa shape index (κ3) is 2.85. The van der Waals surface area contributed by atoms with E-state index in [1.807, 2.05) is 48.5 Å². The number of hydrogen-bond acceptors (Lipinski definition) is 6. The predicted molar refractivity (Wildman–Crippen MR) is 101 cm³/mol. The van der Waals surface area contributed by atoms with Gasteiger partial charge in [0.1, 0.15) is 5.75 Å². The van der Waals surface area contributed by atoms with Crippen molar-refractivity contribution in [1.29, 1.82) is 5.26 Å². The average molecular weight is 361 g/mol. The standard InChI is InChI=1S/C19H15N5OS/c1-25-16-10-5-3-8-14(16)17-22-18-13-7-2-4-9-15(13)21-19(24(18)23-17)26-12-6-11-20/h2-5,7-10H,6,12H2,1H3. The lowest BCUT2D eigenvalue weighted by molar-refractivity contribution is 0.416. The zero-order valence-corrected chi connectivity index (χ0v) is 14.9. The van der Waals surface area contributed by atoms with Gasteiger partial charge in [-0.1, -0.05) is 36.0 Å². The topological polar surface area (TPSA) is 76.1 Å². The van der Waals surface area contributed by atoms with Gasteiger partial charge in [-0.3, -0.25) is 0 Å². The van der Waals surface area contributed by atoms with Gasteiger partial charge in [-0.05, 0) is 24.3 Å². The van der Waals surface area contributed by atoms with Gasteiger partial charge in [0.15, 0.2) is 16.6 Å². The zero-order chi connectivity index (χ0) is 17.9. The molecule has 0 aliphatic rings. The fourth-order valence-corrected chi connectivity index (χ4v) is 3.54. The Balaban J connectivity index is 1.94. The highest BCUT2D eigenvalue weighted by molar-refractivity contribution is 7.99. The lowest BCUT2D eigenvalue weighted by atomic mass is 10.2. The largest absolute Gasteiger partial charge is 0.496 e. The van der Waals surface area contributed by atoms with Gasteiger partial charge in [0.2, 0.25) is 0 Å². The first-order valence-corrected chi connectivity index (χ1v) is 9.09. The molecule has 2 heterocycles. The van der Waals surface area contributed by atoms with E-state index in [1.165, 1.54) is 11.8 Å². The normalized spacial score (nSPS) is 10.9. The molecule has 0 saturated carbocycles. The van der Waals surface area contributed by atoms with Crippen molar-refractivity contribution in [2.75, 3.05) is 12.9 Å². The minimum Gasteiger partial charge on any atom is -0.496 e. The van der Waals surface area contributed by atoms with E-state index in [0.29, 0.717) is 18.0 Å². The first kappa shape index (κ1) is 16.4. The molecule has 4 aromatic rings. The SMILES string of the molecule is COc1ccccc1-c1nc2c3ccccc3nc(SCCC#N)n2n1. The maximum absolute atomic E-state index is 8.81. The fourth-order valence-electron chi connectivity index (χ4n) is 2.76. The summed E-state index contributed by atoms with van der Waals surface area (Å²) >= 11 is 1.50. The highest BCUT2D eigenvalue weighted by Crippen LogP contribution is 2.30. The smallest absolute Gasteiger partial charge is 0.191 e. The van der Waals surface area contributed by atoms with E-state index in [9.17, 15) is 0 Å². The van der Waals surface area contributed by atoms with Gasteiger partial charge in [0.25, 0.3) is 0 Å². The Labute approximate surface area is 154 Å². The molecule has 128 valence electrons. The monoisotopic (exact) mass is 361 g/mol. The molecule has 0 spiro atoms. The van der Waals surface area contributed by atoms with Crippen LogP contribution in [0.5, 0.6) is 5.75 Å². The highest BCUT2D eigenvalue weighted by atomic mass is 32.2. The molecule has 2 aromatic heterocycles. The Kier molecular flexibility index (Phi) is 4.42. The number of aromatic nitrogens is 4. The molecule has 0 radical (unpaired) electrons. The van der Waals surface area contributed by atoms with Gasteiger partial charge in [-0.15, -0.1) is 5.10 Å². The van der Waals surface area contributed by atoms with Crippen molar-refractivity contribution in [3.8, 4) is 23.2 Å². The van der Waals surface area contributed by atoms with Gasteiger partial charge in [0, 0.05) is 17.6 Å². The summed E-state index contributed by atoms with van der Waals surface area (Å²) in [5.41, 5.74) is 2.44. The molecule has 0 aliphatic carbocycles. The summed E-state index contributed by atoms with van der Waals surface area (Å²) in [5.74, 6) is 1.96. The molecule has 4 rings (SSSR count). The second-order valence-corrected chi connectivity index (χ2v) is 6.60. The number of nitriles is 1. The van der Waals surface area contributed by atoms with Crippen molar-refractivity contribution in [2.45, 2.75) is 11.6 Å². The number of hydrogen-bond donors (Lipinski definition) is 0. The molecule has 0 unspecified atom stereocenters. The molecule has 0 amide bonds. The molecule has 0 atom stereocenters. The number of fused-ring (bicyclic) bond motifs is 3. The van der Waals surface area contributed by atoms with Crippen molar-refractivity contribution < 1.29 is 4.74 Å². The third-order valence-electron chi connectivity index (χ3n) is 3.94. The quantitative estimate of drug-likeness (QED) is 0.304. The van der Waals surface area contributed by atoms with Gasteiger partial charge in [-0.25, -0.2) is 9.97 Å². The molecule has 0 N–H and O–H groups in total. The van der Waals surface area contributed by atoms with Crippen LogP contribution in [0.25, 0.3) is 27.9 Å². The first-order chi connectivity index (χ1) is 12.8. The molecule has 6 nitrogen and oxygen atoms in total. The molecular formula is C19H15N5OS. The van der Waals surface area contributed by atoms with Crippen LogP contribution in [0, 0.1) is 11.3 Å². The summed E-state index contributed by atoms with van der Waals surface area (Å²) in [6.45, 7) is 0. The molecular weight excluding hydrogens is 346 g/mol. The number of ether oxygens (including phenoxy) is 1. The van der Waals surface area contributed by atoms with Gasteiger partial charge >= 0.3 is 0 Å². The summed E-state index contributed by atoms with van der Waals surface area (Å²) in [4.78, 5) is 9.47. The van der Waals surface area contributed by atoms with Crippen molar-refractivity contribution in [1.82, 2.24) is 19.6 Å². The molecule has 26 heavy (non-hydrogen) atoms. The van der Waals surface area contributed by atoms with E-state index in [4.69, 9.17) is 20.0 Å². The first-order valence-electron chi connectivity index (χ1n) is 8.10. The zero-order valence-electron chi connectivity index (χ0n) is 14.1. The van der Waals surface area contributed by atoms with E-state index < -0.39 is 0 Å².